The molecule has 4 heteroatoms. The van der Waals surface area contributed by atoms with Crippen LogP contribution < -0.4 is 0 Å². The molecule has 2 aliphatic carbocycles. The van der Waals surface area contributed by atoms with Gasteiger partial charge in [-0.25, -0.2) is 0 Å². The molecule has 23 heavy (non-hydrogen) atoms. The van der Waals surface area contributed by atoms with E-state index in [0.29, 0.717) is 19.3 Å². The number of hydrogen-bond donors (Lipinski definition) is 2. The third-order valence-electron chi connectivity index (χ3n) is 6.32. The summed E-state index contributed by atoms with van der Waals surface area (Å²) in [6.45, 7) is 5.45. The third-order valence-corrected chi connectivity index (χ3v) is 6.32. The van der Waals surface area contributed by atoms with Crippen molar-refractivity contribution in [2.75, 3.05) is 13.1 Å². The molecule has 2 bridgehead atoms. The molecular weight excluding hydrogens is 290 g/mol. The van der Waals surface area contributed by atoms with Gasteiger partial charge < -0.3 is 10.2 Å². The van der Waals surface area contributed by atoms with Gasteiger partial charge >= 0.3 is 0 Å². The van der Waals surface area contributed by atoms with Gasteiger partial charge in [-0.3, -0.25) is 9.69 Å². The standard InChI is InChI=1S/C19H23NO3/c1-2-8-20-9-7-18-12-15(22)5-6-19(18,23)17(20)10-13-3-4-14(21)11-16(13)18/h2-4,11,17,21,23H,1,5-10,12H2/t17-,18-,19+/m0/s1. The van der Waals surface area contributed by atoms with Crippen molar-refractivity contribution in [1.29, 1.82) is 0 Å². The molecule has 4 rings (SSSR count). The van der Waals surface area contributed by atoms with E-state index in [2.05, 4.69) is 11.5 Å². The van der Waals surface area contributed by atoms with Crippen molar-refractivity contribution >= 4 is 5.78 Å². The number of fused-ring (bicyclic) bond motifs is 1. The number of phenolic OH excluding ortho intramolecular Hbond substituents is 1. The molecule has 4 nitrogen and oxygen atoms in total. The fraction of sp³-hybridized carbons (Fsp3) is 0.526. The molecule has 1 aromatic rings. The maximum atomic E-state index is 12.3. The fourth-order valence-corrected chi connectivity index (χ4v) is 5.27. The molecule has 3 aliphatic rings. The van der Waals surface area contributed by atoms with Gasteiger partial charge in [-0.1, -0.05) is 12.1 Å². The Morgan fingerprint density at radius 1 is 1.39 bits per heavy atom. The van der Waals surface area contributed by atoms with E-state index in [1.165, 1.54) is 0 Å². The van der Waals surface area contributed by atoms with Gasteiger partial charge in [-0.2, -0.15) is 0 Å². The van der Waals surface area contributed by atoms with Gasteiger partial charge in [0.15, 0.2) is 0 Å². The molecule has 0 amide bonds. The first-order chi connectivity index (χ1) is 11.0. The summed E-state index contributed by atoms with van der Waals surface area (Å²) in [7, 11) is 0. The van der Waals surface area contributed by atoms with Gasteiger partial charge in [-0.15, -0.1) is 6.58 Å². The maximum absolute atomic E-state index is 12.3. The number of ketones is 1. The third kappa shape index (κ3) is 1.88. The number of piperidine rings is 1. The lowest BCUT2D eigenvalue weighted by molar-refractivity contribution is -0.170. The average Bonchev–Trinajstić information content (AvgIpc) is 2.52. The Morgan fingerprint density at radius 2 is 2.22 bits per heavy atom. The zero-order valence-electron chi connectivity index (χ0n) is 13.3. The number of carbonyl (C=O) groups is 1. The minimum absolute atomic E-state index is 0.0133. The molecule has 2 fully saturated rings. The number of Topliss-reactive ketones (excluding diaryl/α,β-unsaturated/α-hetero) is 1. The lowest BCUT2D eigenvalue weighted by atomic mass is 9.49. The number of nitrogens with zero attached hydrogens (tertiary/aromatic N) is 1. The molecule has 0 radical (unpaired) electrons. The summed E-state index contributed by atoms with van der Waals surface area (Å²) in [5.74, 6) is 0.437. The second kappa shape index (κ2) is 4.92. The largest absolute Gasteiger partial charge is 0.508 e. The van der Waals surface area contributed by atoms with Crippen LogP contribution in [0.4, 0.5) is 0 Å². The van der Waals surface area contributed by atoms with Gasteiger partial charge in [0.1, 0.15) is 11.5 Å². The van der Waals surface area contributed by atoms with E-state index in [0.717, 1.165) is 37.1 Å². The molecule has 0 aromatic heterocycles. The Balaban J connectivity index is 1.92. The minimum atomic E-state index is -0.900. The SMILES string of the molecule is C=CCN1CC[C@@]23CC(=O)CC[C@@]2(O)[C@@H]1Cc1ccc(O)cc13. The van der Waals surface area contributed by atoms with Crippen LogP contribution in [0.15, 0.2) is 30.9 Å². The Hall–Kier alpha value is -1.65. The van der Waals surface area contributed by atoms with Gasteiger partial charge in [0, 0.05) is 30.8 Å². The number of rotatable bonds is 2. The van der Waals surface area contributed by atoms with Crippen LogP contribution in [0.5, 0.6) is 5.75 Å². The molecule has 1 heterocycles. The molecule has 1 aromatic carbocycles. The summed E-state index contributed by atoms with van der Waals surface area (Å²) in [6.07, 6.45) is 4.74. The number of benzene rings is 1. The van der Waals surface area contributed by atoms with Crippen LogP contribution in [-0.2, 0) is 16.6 Å². The second-order valence-electron chi connectivity index (χ2n) is 7.32. The lowest BCUT2D eigenvalue weighted by Crippen LogP contribution is -2.73. The molecular formula is C19H23NO3. The molecule has 1 saturated carbocycles. The van der Waals surface area contributed by atoms with E-state index >= 15 is 0 Å². The van der Waals surface area contributed by atoms with Crippen molar-refractivity contribution in [1.82, 2.24) is 4.90 Å². The summed E-state index contributed by atoms with van der Waals surface area (Å²) in [5.41, 5.74) is 0.698. The van der Waals surface area contributed by atoms with Crippen LogP contribution >= 0.6 is 0 Å². The van der Waals surface area contributed by atoms with Gasteiger partial charge in [0.25, 0.3) is 0 Å². The van der Waals surface area contributed by atoms with E-state index in [9.17, 15) is 15.0 Å². The summed E-state index contributed by atoms with van der Waals surface area (Å²) in [4.78, 5) is 14.6. The first-order valence-corrected chi connectivity index (χ1v) is 8.41. The predicted molar refractivity (Wildman–Crippen MR) is 87.5 cm³/mol. The van der Waals surface area contributed by atoms with E-state index in [4.69, 9.17) is 0 Å². The Bertz CT molecular complexity index is 685. The highest BCUT2D eigenvalue weighted by molar-refractivity contribution is 5.82. The van der Waals surface area contributed by atoms with Crippen LogP contribution in [0, 0.1) is 0 Å². The van der Waals surface area contributed by atoms with Crippen molar-refractivity contribution < 1.29 is 15.0 Å². The van der Waals surface area contributed by atoms with Crippen molar-refractivity contribution in [2.24, 2.45) is 0 Å². The second-order valence-corrected chi connectivity index (χ2v) is 7.32. The monoisotopic (exact) mass is 313 g/mol. The minimum Gasteiger partial charge on any atom is -0.508 e. The first-order valence-electron chi connectivity index (χ1n) is 8.41. The lowest BCUT2D eigenvalue weighted by Gasteiger charge is -2.63. The number of carbonyl (C=O) groups excluding carboxylic acids is 1. The van der Waals surface area contributed by atoms with E-state index in [1.807, 2.05) is 12.1 Å². The molecule has 1 saturated heterocycles. The van der Waals surface area contributed by atoms with Crippen LogP contribution in [0.2, 0.25) is 0 Å². The van der Waals surface area contributed by atoms with E-state index < -0.39 is 11.0 Å². The summed E-state index contributed by atoms with van der Waals surface area (Å²) in [5, 5.41) is 21.7. The van der Waals surface area contributed by atoms with Crippen molar-refractivity contribution in [3.05, 3.63) is 42.0 Å². The highest BCUT2D eigenvalue weighted by Gasteiger charge is 2.64. The highest BCUT2D eigenvalue weighted by Crippen LogP contribution is 2.57. The smallest absolute Gasteiger partial charge is 0.134 e. The number of aromatic hydroxyl groups is 1. The van der Waals surface area contributed by atoms with E-state index in [1.54, 1.807) is 12.1 Å². The van der Waals surface area contributed by atoms with Crippen molar-refractivity contribution in [3.63, 3.8) is 0 Å². The van der Waals surface area contributed by atoms with Crippen LogP contribution in [0.1, 0.15) is 36.8 Å². The molecule has 1 aliphatic heterocycles. The molecule has 3 atom stereocenters. The number of aliphatic hydroxyl groups is 1. The maximum Gasteiger partial charge on any atom is 0.134 e. The van der Waals surface area contributed by atoms with Gasteiger partial charge in [-0.05, 0) is 49.1 Å². The van der Waals surface area contributed by atoms with Crippen LogP contribution in [-0.4, -0.2) is 45.6 Å². The predicted octanol–water partition coefficient (Wildman–Crippen LogP) is 1.93. The molecule has 2 N–H and O–H groups in total. The Kier molecular flexibility index (Phi) is 3.19. The zero-order chi connectivity index (χ0) is 16.2. The quantitative estimate of drug-likeness (QED) is 0.819. The van der Waals surface area contributed by atoms with Gasteiger partial charge in [0.2, 0.25) is 0 Å². The fourth-order valence-electron chi connectivity index (χ4n) is 5.27. The van der Waals surface area contributed by atoms with Gasteiger partial charge in [0.05, 0.1) is 5.60 Å². The van der Waals surface area contributed by atoms with E-state index in [-0.39, 0.29) is 17.6 Å². The molecule has 0 spiro atoms. The normalized spacial score (nSPS) is 36.2. The average molecular weight is 313 g/mol. The zero-order valence-corrected chi connectivity index (χ0v) is 13.3. The van der Waals surface area contributed by atoms with Crippen molar-refractivity contribution in [3.8, 4) is 5.75 Å². The number of phenols is 1. The summed E-state index contributed by atoms with van der Waals surface area (Å²) >= 11 is 0. The Labute approximate surface area is 136 Å². The topological polar surface area (TPSA) is 60.8 Å². The number of likely N-dealkylation sites (tertiary alicyclic amines) is 1. The molecule has 0 unspecified atom stereocenters. The molecule has 122 valence electrons. The Morgan fingerprint density at radius 3 is 3.00 bits per heavy atom. The van der Waals surface area contributed by atoms with Crippen LogP contribution in [0.3, 0.4) is 0 Å². The first kappa shape index (κ1) is 14.9. The van der Waals surface area contributed by atoms with Crippen molar-refractivity contribution in [2.45, 2.75) is 49.2 Å². The summed E-state index contributed by atoms with van der Waals surface area (Å²) < 4.78 is 0. The number of hydrogen-bond acceptors (Lipinski definition) is 4. The van der Waals surface area contributed by atoms with Crippen LogP contribution in [0.25, 0.3) is 0 Å². The summed E-state index contributed by atoms with van der Waals surface area (Å²) in [6, 6.07) is 5.45. The highest BCUT2D eigenvalue weighted by atomic mass is 16.3.